The molecule has 1 aromatic carbocycles. The Kier molecular flexibility index (Phi) is 3.09. The van der Waals surface area contributed by atoms with Gasteiger partial charge >= 0.3 is 5.97 Å². The fourth-order valence-corrected chi connectivity index (χ4v) is 5.48. The molecule has 0 aromatic heterocycles. The first-order chi connectivity index (χ1) is 10.4. The molecule has 118 valence electrons. The molecule has 5 heteroatoms. The smallest absolute Gasteiger partial charge is 0.338 e. The zero-order valence-electron chi connectivity index (χ0n) is 13.2. The Morgan fingerprint density at radius 3 is 2.05 bits per heavy atom. The van der Waals surface area contributed by atoms with Crippen molar-refractivity contribution < 1.29 is 18.5 Å². The Hall–Kier alpha value is -1.10. The maximum atomic E-state index is 12.4. The Balaban J connectivity index is 1.52. The average molecular weight is 323 g/mol. The quantitative estimate of drug-likeness (QED) is 0.615. The Bertz CT molecular complexity index is 580. The summed E-state index contributed by atoms with van der Waals surface area (Å²) in [6, 6.07) is 6.97. The van der Waals surface area contributed by atoms with E-state index in [1.807, 2.05) is 0 Å². The van der Waals surface area contributed by atoms with E-state index in [1.54, 1.807) is 24.3 Å². The second-order valence-corrected chi connectivity index (χ2v) is 8.44. The standard InChI is InChI=1S/C17H23ClN2O2/c1-19-7-13-9-20(2,11-19)10-14(8-19)16(13)22-17(21)12-3-5-15(18)6-4-12/h3-6,13-14,16H,7-11H2,1-2H3/q+2. The number of carbonyl (C=O) groups excluding carboxylic acids is 1. The highest BCUT2D eigenvalue weighted by Gasteiger charge is 2.61. The number of carbonyl (C=O) groups is 1. The number of hydrogen-bond acceptors (Lipinski definition) is 2. The van der Waals surface area contributed by atoms with Crippen LogP contribution in [0.3, 0.4) is 0 Å². The van der Waals surface area contributed by atoms with Crippen LogP contribution in [0.1, 0.15) is 10.4 Å². The van der Waals surface area contributed by atoms with E-state index < -0.39 is 0 Å². The third-order valence-corrected chi connectivity index (χ3v) is 5.89. The molecule has 4 saturated heterocycles. The molecule has 4 bridgehead atoms. The first-order valence-electron chi connectivity index (χ1n) is 8.00. The average Bonchev–Trinajstić information content (AvgIpc) is 2.40. The maximum Gasteiger partial charge on any atom is 0.338 e. The molecule has 4 fully saturated rings. The van der Waals surface area contributed by atoms with Gasteiger partial charge in [-0.15, -0.1) is 0 Å². The molecular weight excluding hydrogens is 300 g/mol. The zero-order valence-corrected chi connectivity index (χ0v) is 13.9. The van der Waals surface area contributed by atoms with Crippen LogP contribution in [-0.2, 0) is 4.74 Å². The highest BCUT2D eigenvalue weighted by Crippen LogP contribution is 2.42. The second kappa shape index (κ2) is 4.70. The van der Waals surface area contributed by atoms with Gasteiger partial charge in [-0.1, -0.05) is 11.6 Å². The highest BCUT2D eigenvalue weighted by atomic mass is 35.5. The maximum absolute atomic E-state index is 12.4. The lowest BCUT2D eigenvalue weighted by Gasteiger charge is -2.61. The van der Waals surface area contributed by atoms with E-state index in [4.69, 9.17) is 16.3 Å². The summed E-state index contributed by atoms with van der Waals surface area (Å²) in [6.07, 6.45) is 0.0841. The molecule has 0 unspecified atom stereocenters. The third-order valence-electron chi connectivity index (χ3n) is 5.64. The van der Waals surface area contributed by atoms with E-state index >= 15 is 0 Å². The molecule has 0 N–H and O–H groups in total. The van der Waals surface area contributed by atoms with E-state index in [2.05, 4.69) is 14.1 Å². The number of rotatable bonds is 2. The topological polar surface area (TPSA) is 26.3 Å². The summed E-state index contributed by atoms with van der Waals surface area (Å²) >= 11 is 5.88. The van der Waals surface area contributed by atoms with Crippen LogP contribution in [0.15, 0.2) is 24.3 Å². The largest absolute Gasteiger partial charge is 0.457 e. The number of ether oxygens (including phenoxy) is 1. The van der Waals surface area contributed by atoms with Crippen LogP contribution in [0.5, 0.6) is 0 Å². The van der Waals surface area contributed by atoms with Crippen LogP contribution in [0, 0.1) is 11.8 Å². The molecule has 0 radical (unpaired) electrons. The zero-order chi connectivity index (χ0) is 15.5. The predicted molar refractivity (Wildman–Crippen MR) is 84.3 cm³/mol. The fourth-order valence-electron chi connectivity index (χ4n) is 5.35. The summed E-state index contributed by atoms with van der Waals surface area (Å²) in [6.45, 7) is 5.79. The van der Waals surface area contributed by atoms with Crippen molar-refractivity contribution in [2.45, 2.75) is 6.10 Å². The second-order valence-electron chi connectivity index (χ2n) is 8.01. The van der Waals surface area contributed by atoms with Crippen molar-refractivity contribution in [3.63, 3.8) is 0 Å². The minimum atomic E-state index is -0.204. The summed E-state index contributed by atoms with van der Waals surface area (Å²) in [7, 11) is 4.71. The molecule has 4 nitrogen and oxygen atoms in total. The van der Waals surface area contributed by atoms with Gasteiger partial charge in [-0.3, -0.25) is 8.97 Å². The molecular formula is C17H23ClN2O2+2. The summed E-state index contributed by atoms with van der Waals surface area (Å²) in [5.74, 6) is 0.782. The van der Waals surface area contributed by atoms with E-state index in [1.165, 1.54) is 6.67 Å². The predicted octanol–water partition coefficient (Wildman–Crippen LogP) is 1.99. The fraction of sp³-hybridized carbons (Fsp3) is 0.588. The Morgan fingerprint density at radius 2 is 1.55 bits per heavy atom. The van der Waals surface area contributed by atoms with Gasteiger partial charge < -0.3 is 4.74 Å². The van der Waals surface area contributed by atoms with Crippen molar-refractivity contribution in [1.82, 2.24) is 0 Å². The minimum absolute atomic E-state index is 0.0841. The lowest BCUT2D eigenvalue weighted by atomic mass is 9.76. The number of hydrogen-bond donors (Lipinski definition) is 0. The van der Waals surface area contributed by atoms with E-state index in [-0.39, 0.29) is 12.1 Å². The van der Waals surface area contributed by atoms with Crippen molar-refractivity contribution in [2.75, 3.05) is 46.9 Å². The van der Waals surface area contributed by atoms with Gasteiger partial charge in [-0.05, 0) is 24.3 Å². The van der Waals surface area contributed by atoms with Crippen LogP contribution >= 0.6 is 11.6 Å². The summed E-state index contributed by atoms with van der Waals surface area (Å²) in [5.41, 5.74) is 0.597. The van der Waals surface area contributed by atoms with Crippen molar-refractivity contribution >= 4 is 17.6 Å². The van der Waals surface area contributed by atoms with Crippen LogP contribution in [0.2, 0.25) is 5.02 Å². The molecule has 22 heavy (non-hydrogen) atoms. The number of nitrogens with zero attached hydrogens (tertiary/aromatic N) is 2. The summed E-state index contributed by atoms with van der Waals surface area (Å²) in [5, 5.41) is 0.640. The Morgan fingerprint density at radius 1 is 1.05 bits per heavy atom. The number of halogens is 1. The molecule has 5 rings (SSSR count). The number of quaternary nitrogens is 2. The molecule has 1 aromatic rings. The van der Waals surface area contributed by atoms with E-state index in [0.717, 1.165) is 35.1 Å². The number of benzene rings is 1. The summed E-state index contributed by atoms with van der Waals surface area (Å²) < 4.78 is 8.22. The lowest BCUT2D eigenvalue weighted by molar-refractivity contribution is -1.13. The summed E-state index contributed by atoms with van der Waals surface area (Å²) in [4.78, 5) is 12.4. The van der Waals surface area contributed by atoms with E-state index in [9.17, 15) is 4.79 Å². The minimum Gasteiger partial charge on any atom is -0.457 e. The normalized spacial score (nSPS) is 42.4. The van der Waals surface area contributed by atoms with Gasteiger partial charge in [0.25, 0.3) is 0 Å². The molecule has 0 spiro atoms. The Labute approximate surface area is 136 Å². The molecule has 4 aliphatic rings. The molecule has 4 heterocycles. The van der Waals surface area contributed by atoms with Gasteiger partial charge in [0.15, 0.2) is 0 Å². The third kappa shape index (κ3) is 2.34. The monoisotopic (exact) mass is 322 g/mol. The van der Waals surface area contributed by atoms with Gasteiger partial charge in [-0.25, -0.2) is 4.79 Å². The van der Waals surface area contributed by atoms with Crippen molar-refractivity contribution in [3.8, 4) is 0 Å². The molecule has 0 aliphatic carbocycles. The number of esters is 1. The highest BCUT2D eigenvalue weighted by molar-refractivity contribution is 6.30. The van der Waals surface area contributed by atoms with Gasteiger partial charge in [0, 0.05) is 5.02 Å². The van der Waals surface area contributed by atoms with Gasteiger partial charge in [0.2, 0.25) is 6.67 Å². The van der Waals surface area contributed by atoms with Gasteiger partial charge in [-0.2, -0.15) is 0 Å². The first kappa shape index (κ1) is 14.5. The van der Waals surface area contributed by atoms with Crippen LogP contribution in [0.4, 0.5) is 0 Å². The SMILES string of the molecule is C[N+]12CC3C[N+](C)(CC(C1)C3OC(=O)c1ccc(Cl)cc1)C2. The van der Waals surface area contributed by atoms with Gasteiger partial charge in [0.05, 0.1) is 57.7 Å². The molecule has 0 atom stereocenters. The van der Waals surface area contributed by atoms with Crippen molar-refractivity contribution in [2.24, 2.45) is 11.8 Å². The van der Waals surface area contributed by atoms with Crippen molar-refractivity contribution in [1.29, 1.82) is 0 Å². The van der Waals surface area contributed by atoms with Crippen LogP contribution in [0.25, 0.3) is 0 Å². The first-order valence-corrected chi connectivity index (χ1v) is 8.37. The van der Waals surface area contributed by atoms with E-state index in [0.29, 0.717) is 22.4 Å². The molecule has 0 saturated carbocycles. The molecule has 4 aliphatic heterocycles. The van der Waals surface area contributed by atoms with Gasteiger partial charge in [0.1, 0.15) is 6.10 Å². The number of piperidine rings is 2. The van der Waals surface area contributed by atoms with Crippen molar-refractivity contribution in [3.05, 3.63) is 34.9 Å². The lowest BCUT2D eigenvalue weighted by Crippen LogP contribution is -2.80. The van der Waals surface area contributed by atoms with Crippen LogP contribution in [-0.4, -0.2) is 68.0 Å². The van der Waals surface area contributed by atoms with Crippen LogP contribution < -0.4 is 0 Å². The molecule has 0 amide bonds.